The summed E-state index contributed by atoms with van der Waals surface area (Å²) in [6.07, 6.45) is 12.7. The minimum absolute atomic E-state index is 0.444. The highest BCUT2D eigenvalue weighted by Gasteiger charge is 1.91. The van der Waals surface area contributed by atoms with Gasteiger partial charge in [-0.15, -0.1) is 6.58 Å². The molecule has 0 saturated heterocycles. The number of alkyl halides is 1. The molecule has 0 spiro atoms. The summed E-state index contributed by atoms with van der Waals surface area (Å²) >= 11 is 3.49. The summed E-state index contributed by atoms with van der Waals surface area (Å²) in [6, 6.07) is 0. The van der Waals surface area contributed by atoms with Crippen molar-refractivity contribution in [1.82, 2.24) is 0 Å². The molecular formula is C11H19Br. The summed E-state index contributed by atoms with van der Waals surface area (Å²) in [6.45, 7) is 5.94. The Labute approximate surface area is 84.9 Å². The van der Waals surface area contributed by atoms with Crippen molar-refractivity contribution in [1.29, 1.82) is 0 Å². The lowest BCUT2D eigenvalue weighted by atomic mass is 10.2. The van der Waals surface area contributed by atoms with E-state index in [9.17, 15) is 0 Å². The van der Waals surface area contributed by atoms with Crippen LogP contribution in [-0.2, 0) is 0 Å². The molecule has 70 valence electrons. The van der Waals surface area contributed by atoms with Crippen LogP contribution in [0.2, 0.25) is 0 Å². The number of hydrogen-bond donors (Lipinski definition) is 0. The summed E-state index contributed by atoms with van der Waals surface area (Å²) in [4.78, 5) is 0.444. The Morgan fingerprint density at radius 2 is 2.08 bits per heavy atom. The van der Waals surface area contributed by atoms with Gasteiger partial charge in [-0.25, -0.2) is 0 Å². The minimum Gasteiger partial charge on any atom is -0.102 e. The monoisotopic (exact) mass is 230 g/mol. The lowest BCUT2D eigenvalue weighted by molar-refractivity contribution is 0.728. The molecule has 0 N–H and O–H groups in total. The molecule has 0 heterocycles. The SMILES string of the molecule is C=CC(Br)C/C=C\CCCCC. The molecule has 0 aromatic heterocycles. The van der Waals surface area contributed by atoms with Gasteiger partial charge in [0.25, 0.3) is 0 Å². The van der Waals surface area contributed by atoms with Crippen LogP contribution in [0.5, 0.6) is 0 Å². The van der Waals surface area contributed by atoms with E-state index in [1.807, 2.05) is 6.08 Å². The fourth-order valence-corrected chi connectivity index (χ4v) is 1.17. The number of allylic oxidation sites excluding steroid dienone is 3. The summed E-state index contributed by atoms with van der Waals surface area (Å²) in [5.41, 5.74) is 0. The first kappa shape index (κ1) is 12.0. The van der Waals surface area contributed by atoms with Crippen LogP contribution in [-0.4, -0.2) is 4.83 Å². The highest BCUT2D eigenvalue weighted by Crippen LogP contribution is 2.07. The third kappa shape index (κ3) is 8.06. The molecule has 0 aliphatic heterocycles. The van der Waals surface area contributed by atoms with Gasteiger partial charge in [-0.05, 0) is 19.3 Å². The van der Waals surface area contributed by atoms with E-state index >= 15 is 0 Å². The van der Waals surface area contributed by atoms with Crippen LogP contribution < -0.4 is 0 Å². The van der Waals surface area contributed by atoms with Gasteiger partial charge >= 0.3 is 0 Å². The Morgan fingerprint density at radius 3 is 2.67 bits per heavy atom. The van der Waals surface area contributed by atoms with E-state index in [-0.39, 0.29) is 0 Å². The molecule has 0 rings (SSSR count). The van der Waals surface area contributed by atoms with E-state index in [1.165, 1.54) is 25.7 Å². The first-order valence-electron chi connectivity index (χ1n) is 4.72. The maximum atomic E-state index is 3.71. The summed E-state index contributed by atoms with van der Waals surface area (Å²) in [7, 11) is 0. The van der Waals surface area contributed by atoms with Gasteiger partial charge in [-0.3, -0.25) is 0 Å². The summed E-state index contributed by atoms with van der Waals surface area (Å²) in [5.74, 6) is 0. The van der Waals surface area contributed by atoms with Gasteiger partial charge in [0.1, 0.15) is 0 Å². The average molecular weight is 231 g/mol. The van der Waals surface area contributed by atoms with Gasteiger partial charge in [-0.2, -0.15) is 0 Å². The molecule has 0 bridgehead atoms. The smallest absolute Gasteiger partial charge is 0.0357 e. The first-order chi connectivity index (χ1) is 5.81. The van der Waals surface area contributed by atoms with Crippen LogP contribution in [0.4, 0.5) is 0 Å². The standard InChI is InChI=1S/C11H19Br/c1-3-5-6-7-8-9-10-11(12)4-2/h4,8-9,11H,2-3,5-7,10H2,1H3/b9-8-. The second-order valence-corrected chi connectivity index (χ2v) is 4.13. The van der Waals surface area contributed by atoms with E-state index in [4.69, 9.17) is 0 Å². The molecule has 0 aliphatic rings. The number of halogens is 1. The van der Waals surface area contributed by atoms with Crippen molar-refractivity contribution in [2.75, 3.05) is 0 Å². The molecule has 12 heavy (non-hydrogen) atoms. The van der Waals surface area contributed by atoms with Crippen molar-refractivity contribution < 1.29 is 0 Å². The van der Waals surface area contributed by atoms with Crippen LogP contribution in [0.25, 0.3) is 0 Å². The zero-order valence-electron chi connectivity index (χ0n) is 7.93. The molecule has 1 heteroatoms. The van der Waals surface area contributed by atoms with Gasteiger partial charge in [0.05, 0.1) is 0 Å². The first-order valence-corrected chi connectivity index (χ1v) is 5.64. The molecule has 1 atom stereocenters. The molecule has 0 aromatic carbocycles. The Bertz CT molecular complexity index is 127. The molecule has 0 fully saturated rings. The average Bonchev–Trinajstić information content (AvgIpc) is 2.10. The highest BCUT2D eigenvalue weighted by atomic mass is 79.9. The normalized spacial score (nSPS) is 13.5. The van der Waals surface area contributed by atoms with Crippen LogP contribution in [0, 0.1) is 0 Å². The van der Waals surface area contributed by atoms with E-state index in [2.05, 4.69) is 41.6 Å². The third-order valence-electron chi connectivity index (χ3n) is 1.76. The molecule has 0 amide bonds. The van der Waals surface area contributed by atoms with Gasteiger partial charge in [0.15, 0.2) is 0 Å². The maximum absolute atomic E-state index is 3.71. The van der Waals surface area contributed by atoms with Crippen LogP contribution in [0.3, 0.4) is 0 Å². The molecule has 0 nitrogen and oxygen atoms in total. The van der Waals surface area contributed by atoms with Gasteiger partial charge in [-0.1, -0.05) is 53.9 Å². The molecule has 0 aromatic rings. The summed E-state index contributed by atoms with van der Waals surface area (Å²) < 4.78 is 0. The Kier molecular flexibility index (Phi) is 9.02. The van der Waals surface area contributed by atoms with Crippen LogP contribution in [0.15, 0.2) is 24.8 Å². The Balaban J connectivity index is 3.19. The largest absolute Gasteiger partial charge is 0.102 e. The van der Waals surface area contributed by atoms with Gasteiger partial charge in [0.2, 0.25) is 0 Å². The number of unbranched alkanes of at least 4 members (excludes halogenated alkanes) is 3. The van der Waals surface area contributed by atoms with E-state index in [1.54, 1.807) is 0 Å². The lowest BCUT2D eigenvalue weighted by Crippen LogP contribution is -1.86. The summed E-state index contributed by atoms with van der Waals surface area (Å²) in [5, 5.41) is 0. The Morgan fingerprint density at radius 1 is 1.33 bits per heavy atom. The highest BCUT2D eigenvalue weighted by molar-refractivity contribution is 9.09. The zero-order chi connectivity index (χ0) is 9.23. The second kappa shape index (κ2) is 9.05. The van der Waals surface area contributed by atoms with E-state index in [0.717, 1.165) is 6.42 Å². The minimum atomic E-state index is 0.444. The molecule has 0 aliphatic carbocycles. The van der Waals surface area contributed by atoms with Crippen molar-refractivity contribution in [3.05, 3.63) is 24.8 Å². The molecule has 1 unspecified atom stereocenters. The fraction of sp³-hybridized carbons (Fsp3) is 0.636. The molecule has 0 radical (unpaired) electrons. The number of hydrogen-bond acceptors (Lipinski definition) is 0. The fourth-order valence-electron chi connectivity index (χ4n) is 0.952. The van der Waals surface area contributed by atoms with Crippen molar-refractivity contribution in [3.63, 3.8) is 0 Å². The van der Waals surface area contributed by atoms with Crippen molar-refractivity contribution in [2.45, 2.75) is 43.9 Å². The quantitative estimate of drug-likeness (QED) is 0.344. The van der Waals surface area contributed by atoms with E-state index < -0.39 is 0 Å². The predicted octanol–water partition coefficient (Wildman–Crippen LogP) is 4.46. The van der Waals surface area contributed by atoms with E-state index in [0.29, 0.717) is 4.83 Å². The number of rotatable bonds is 7. The molecule has 0 saturated carbocycles. The topological polar surface area (TPSA) is 0 Å². The van der Waals surface area contributed by atoms with Gasteiger partial charge in [0, 0.05) is 4.83 Å². The zero-order valence-corrected chi connectivity index (χ0v) is 9.52. The second-order valence-electron chi connectivity index (χ2n) is 2.95. The van der Waals surface area contributed by atoms with Gasteiger partial charge < -0.3 is 0 Å². The van der Waals surface area contributed by atoms with Crippen LogP contribution >= 0.6 is 15.9 Å². The predicted molar refractivity (Wildman–Crippen MR) is 60.8 cm³/mol. The Hall–Kier alpha value is -0.0400. The van der Waals surface area contributed by atoms with Crippen molar-refractivity contribution in [3.8, 4) is 0 Å². The van der Waals surface area contributed by atoms with Crippen LogP contribution in [0.1, 0.15) is 39.0 Å². The maximum Gasteiger partial charge on any atom is 0.0357 e. The van der Waals surface area contributed by atoms with Crippen molar-refractivity contribution in [2.24, 2.45) is 0 Å². The molecular weight excluding hydrogens is 212 g/mol. The van der Waals surface area contributed by atoms with Crippen molar-refractivity contribution >= 4 is 15.9 Å². The third-order valence-corrected chi connectivity index (χ3v) is 2.51. The lowest BCUT2D eigenvalue weighted by Gasteiger charge is -1.96.